The van der Waals surface area contributed by atoms with Gasteiger partial charge in [-0.2, -0.15) is 0 Å². The first-order valence-corrected chi connectivity index (χ1v) is 7.71. The van der Waals surface area contributed by atoms with E-state index in [-0.39, 0.29) is 0 Å². The summed E-state index contributed by atoms with van der Waals surface area (Å²) in [4.78, 5) is 3.73. The second kappa shape index (κ2) is 7.31. The van der Waals surface area contributed by atoms with Crippen LogP contribution in [0.5, 0.6) is 0 Å². The van der Waals surface area contributed by atoms with Gasteiger partial charge in [0.15, 0.2) is 0 Å². The van der Waals surface area contributed by atoms with Crippen molar-refractivity contribution in [3.63, 3.8) is 0 Å². The fraction of sp³-hybridized carbons (Fsp3) is 0.375. The molecule has 0 spiro atoms. The van der Waals surface area contributed by atoms with Crippen LogP contribution in [0, 0.1) is 0 Å². The molecular formula is C16H22N2S. The molecule has 0 aliphatic heterocycles. The Morgan fingerprint density at radius 1 is 1.16 bits per heavy atom. The number of para-hydroxylation sites is 1. The molecule has 1 aromatic carbocycles. The molecule has 0 aliphatic rings. The molecule has 0 unspecified atom stereocenters. The number of anilines is 1. The summed E-state index contributed by atoms with van der Waals surface area (Å²) in [6, 6.07) is 13.0. The van der Waals surface area contributed by atoms with Gasteiger partial charge in [0.05, 0.1) is 6.54 Å². The quantitative estimate of drug-likeness (QED) is 0.771. The van der Waals surface area contributed by atoms with Crippen molar-refractivity contribution < 1.29 is 0 Å². The topological polar surface area (TPSA) is 15.3 Å². The zero-order chi connectivity index (χ0) is 13.5. The van der Waals surface area contributed by atoms with Gasteiger partial charge in [-0.15, -0.1) is 11.3 Å². The van der Waals surface area contributed by atoms with Crippen LogP contribution in [0.3, 0.4) is 0 Å². The lowest BCUT2D eigenvalue weighted by Crippen LogP contribution is -2.20. The normalized spacial score (nSPS) is 10.6. The molecule has 0 radical (unpaired) electrons. The largest absolute Gasteiger partial charge is 0.369 e. The molecule has 0 saturated heterocycles. The summed E-state index contributed by atoms with van der Waals surface area (Å²) >= 11 is 1.82. The van der Waals surface area contributed by atoms with E-state index in [1.807, 2.05) is 11.3 Å². The van der Waals surface area contributed by atoms with Gasteiger partial charge in [0, 0.05) is 24.2 Å². The van der Waals surface area contributed by atoms with Crippen molar-refractivity contribution >= 4 is 17.0 Å². The first-order valence-electron chi connectivity index (χ1n) is 6.83. The van der Waals surface area contributed by atoms with Gasteiger partial charge in [0.2, 0.25) is 0 Å². The van der Waals surface area contributed by atoms with E-state index in [1.165, 1.54) is 22.5 Å². The highest BCUT2D eigenvalue weighted by molar-refractivity contribution is 7.09. The minimum atomic E-state index is 0.943. The molecule has 102 valence electrons. The third kappa shape index (κ3) is 4.08. The van der Waals surface area contributed by atoms with Crippen molar-refractivity contribution in [3.05, 3.63) is 52.2 Å². The van der Waals surface area contributed by atoms with Gasteiger partial charge in [0.25, 0.3) is 0 Å². The maximum Gasteiger partial charge on any atom is 0.0519 e. The van der Waals surface area contributed by atoms with Gasteiger partial charge in [-0.1, -0.05) is 31.2 Å². The number of benzene rings is 1. The van der Waals surface area contributed by atoms with Crippen molar-refractivity contribution in [1.82, 2.24) is 5.32 Å². The van der Waals surface area contributed by atoms with Gasteiger partial charge in [-0.3, -0.25) is 0 Å². The number of rotatable bonds is 7. The predicted molar refractivity (Wildman–Crippen MR) is 84.9 cm³/mol. The zero-order valence-corrected chi connectivity index (χ0v) is 12.5. The van der Waals surface area contributed by atoms with Gasteiger partial charge in [-0.05, 0) is 36.0 Å². The molecule has 0 fully saturated rings. The second-order valence-electron chi connectivity index (χ2n) is 4.74. The van der Waals surface area contributed by atoms with Gasteiger partial charge in [0.1, 0.15) is 0 Å². The molecule has 1 heterocycles. The molecular weight excluding hydrogens is 252 g/mol. The van der Waals surface area contributed by atoms with E-state index in [0.717, 1.165) is 19.6 Å². The first-order chi connectivity index (χ1) is 9.31. The molecule has 19 heavy (non-hydrogen) atoms. The summed E-state index contributed by atoms with van der Waals surface area (Å²) < 4.78 is 0. The Labute approximate surface area is 120 Å². The first kappa shape index (κ1) is 14.1. The van der Waals surface area contributed by atoms with Crippen molar-refractivity contribution in [2.24, 2.45) is 0 Å². The smallest absolute Gasteiger partial charge is 0.0519 e. The maximum absolute atomic E-state index is 3.48. The highest BCUT2D eigenvalue weighted by Crippen LogP contribution is 2.22. The summed E-state index contributed by atoms with van der Waals surface area (Å²) in [5, 5.41) is 5.62. The van der Waals surface area contributed by atoms with E-state index < -0.39 is 0 Å². The highest BCUT2D eigenvalue weighted by Gasteiger charge is 2.07. The maximum atomic E-state index is 3.48. The molecule has 0 saturated carbocycles. The van der Waals surface area contributed by atoms with Crippen LogP contribution in [-0.2, 0) is 13.1 Å². The summed E-state index contributed by atoms with van der Waals surface area (Å²) in [5.74, 6) is 0. The Hall–Kier alpha value is -1.32. The lowest BCUT2D eigenvalue weighted by molar-refractivity contribution is 0.674. The number of hydrogen-bond acceptors (Lipinski definition) is 3. The summed E-state index contributed by atoms with van der Waals surface area (Å²) in [6.45, 7) is 5.19. The van der Waals surface area contributed by atoms with Crippen molar-refractivity contribution in [3.8, 4) is 0 Å². The molecule has 2 nitrogen and oxygen atoms in total. The summed E-state index contributed by atoms with van der Waals surface area (Å²) in [7, 11) is 2.17. The second-order valence-corrected chi connectivity index (χ2v) is 5.77. The minimum absolute atomic E-state index is 0.943. The fourth-order valence-electron chi connectivity index (χ4n) is 2.15. The molecule has 2 rings (SSSR count). The Morgan fingerprint density at radius 3 is 2.74 bits per heavy atom. The van der Waals surface area contributed by atoms with Crippen LogP contribution < -0.4 is 10.2 Å². The number of hydrogen-bond donors (Lipinski definition) is 1. The molecule has 0 amide bonds. The predicted octanol–water partition coefficient (Wildman–Crippen LogP) is 3.88. The molecule has 1 N–H and O–H groups in total. The van der Waals surface area contributed by atoms with E-state index in [1.54, 1.807) is 0 Å². The van der Waals surface area contributed by atoms with Crippen molar-refractivity contribution in [1.29, 1.82) is 0 Å². The third-order valence-corrected chi connectivity index (χ3v) is 3.98. The van der Waals surface area contributed by atoms with E-state index in [0.29, 0.717) is 0 Å². The molecule has 3 heteroatoms. The van der Waals surface area contributed by atoms with Gasteiger partial charge in [-0.25, -0.2) is 0 Å². The van der Waals surface area contributed by atoms with Crippen LogP contribution in [0.4, 0.5) is 5.69 Å². The molecule has 0 bridgehead atoms. The molecule has 2 aromatic rings. The average molecular weight is 274 g/mol. The molecule has 0 aliphatic carbocycles. The third-order valence-electron chi connectivity index (χ3n) is 3.12. The Kier molecular flexibility index (Phi) is 5.43. The number of nitrogens with one attached hydrogen (secondary N) is 1. The monoisotopic (exact) mass is 274 g/mol. The molecule has 1 aromatic heterocycles. The highest BCUT2D eigenvalue weighted by atomic mass is 32.1. The van der Waals surface area contributed by atoms with E-state index >= 15 is 0 Å². The summed E-state index contributed by atoms with van der Waals surface area (Å²) in [6.07, 6.45) is 1.17. The van der Waals surface area contributed by atoms with E-state index in [4.69, 9.17) is 0 Å². The van der Waals surface area contributed by atoms with Crippen LogP contribution in [-0.4, -0.2) is 13.6 Å². The number of thiophene rings is 1. The lowest BCUT2D eigenvalue weighted by atomic mass is 10.1. The lowest BCUT2D eigenvalue weighted by Gasteiger charge is -2.22. The zero-order valence-electron chi connectivity index (χ0n) is 11.7. The minimum Gasteiger partial charge on any atom is -0.369 e. The Bertz CT molecular complexity index is 479. The van der Waals surface area contributed by atoms with Crippen LogP contribution in [0.25, 0.3) is 0 Å². The standard InChI is InChI=1S/C16H22N2S/c1-3-10-17-12-14-7-4-5-9-16(14)18(2)13-15-8-6-11-19-15/h4-9,11,17H,3,10,12-13H2,1-2H3. The van der Waals surface area contributed by atoms with Crippen LogP contribution >= 0.6 is 11.3 Å². The average Bonchev–Trinajstić information content (AvgIpc) is 2.92. The SMILES string of the molecule is CCCNCc1ccccc1N(C)Cc1cccs1. The summed E-state index contributed by atoms with van der Waals surface area (Å²) in [5.41, 5.74) is 2.69. The van der Waals surface area contributed by atoms with Crippen LogP contribution in [0.1, 0.15) is 23.8 Å². The van der Waals surface area contributed by atoms with Gasteiger partial charge < -0.3 is 10.2 Å². The van der Waals surface area contributed by atoms with Crippen molar-refractivity contribution in [2.75, 3.05) is 18.5 Å². The Balaban J connectivity index is 2.05. The van der Waals surface area contributed by atoms with E-state index in [9.17, 15) is 0 Å². The van der Waals surface area contributed by atoms with Gasteiger partial charge >= 0.3 is 0 Å². The Morgan fingerprint density at radius 2 is 2.00 bits per heavy atom. The number of nitrogens with zero attached hydrogens (tertiary/aromatic N) is 1. The van der Waals surface area contributed by atoms with E-state index in [2.05, 4.69) is 66.0 Å². The fourth-order valence-corrected chi connectivity index (χ4v) is 2.91. The van der Waals surface area contributed by atoms with Crippen LogP contribution in [0.2, 0.25) is 0 Å². The van der Waals surface area contributed by atoms with Crippen molar-refractivity contribution in [2.45, 2.75) is 26.4 Å². The van der Waals surface area contributed by atoms with Crippen LogP contribution in [0.15, 0.2) is 41.8 Å². The molecule has 0 atom stereocenters.